The van der Waals surface area contributed by atoms with Crippen LogP contribution in [-0.4, -0.2) is 36.3 Å². The van der Waals surface area contributed by atoms with Crippen LogP contribution in [0.3, 0.4) is 0 Å². The Labute approximate surface area is 228 Å². The first-order valence-electron chi connectivity index (χ1n) is 11.8. The molecule has 0 saturated carbocycles. The van der Waals surface area contributed by atoms with Crippen LogP contribution in [0.5, 0.6) is 17.2 Å². The number of aromatic hydroxyl groups is 1. The number of hydrazone groups is 1. The molecule has 4 rings (SSSR count). The summed E-state index contributed by atoms with van der Waals surface area (Å²) in [5.41, 5.74) is 4.94. The van der Waals surface area contributed by atoms with E-state index in [9.17, 15) is 14.7 Å². The normalized spacial score (nSPS) is 10.9. The SMILES string of the molecule is CCOc1cc(C=NNC(=O)c2cc3ccccc3cc2O)cc(Br)c1OCC(=O)Nc1ccc(C)cc1. The zero-order valence-electron chi connectivity index (χ0n) is 20.8. The highest BCUT2D eigenvalue weighted by Crippen LogP contribution is 2.36. The molecule has 4 aromatic carbocycles. The van der Waals surface area contributed by atoms with Crippen LogP contribution >= 0.6 is 15.9 Å². The number of nitrogens with one attached hydrogen (secondary N) is 2. The monoisotopic (exact) mass is 575 g/mol. The maximum Gasteiger partial charge on any atom is 0.275 e. The summed E-state index contributed by atoms with van der Waals surface area (Å²) >= 11 is 3.46. The average molecular weight is 576 g/mol. The molecule has 3 N–H and O–H groups in total. The van der Waals surface area contributed by atoms with Gasteiger partial charge in [-0.1, -0.05) is 42.0 Å². The van der Waals surface area contributed by atoms with Crippen molar-refractivity contribution >= 4 is 50.4 Å². The molecule has 38 heavy (non-hydrogen) atoms. The van der Waals surface area contributed by atoms with Gasteiger partial charge >= 0.3 is 0 Å². The van der Waals surface area contributed by atoms with E-state index in [-0.39, 0.29) is 23.8 Å². The first-order valence-corrected chi connectivity index (χ1v) is 12.6. The van der Waals surface area contributed by atoms with Gasteiger partial charge in [-0.05, 0) is 82.5 Å². The number of rotatable bonds is 9. The van der Waals surface area contributed by atoms with Crippen molar-refractivity contribution < 1.29 is 24.2 Å². The molecule has 8 nitrogen and oxygen atoms in total. The maximum absolute atomic E-state index is 12.6. The van der Waals surface area contributed by atoms with Gasteiger partial charge in [-0.3, -0.25) is 9.59 Å². The second-order valence-electron chi connectivity index (χ2n) is 8.38. The molecule has 0 atom stereocenters. The third-order valence-corrected chi connectivity index (χ3v) is 6.09. The molecule has 9 heteroatoms. The molecule has 0 bridgehead atoms. The molecule has 0 aromatic heterocycles. The van der Waals surface area contributed by atoms with E-state index in [4.69, 9.17) is 9.47 Å². The number of ether oxygens (including phenoxy) is 2. The van der Waals surface area contributed by atoms with Crippen LogP contribution in [0, 0.1) is 6.92 Å². The minimum Gasteiger partial charge on any atom is -0.507 e. The first kappa shape index (κ1) is 26.7. The zero-order valence-corrected chi connectivity index (χ0v) is 22.4. The summed E-state index contributed by atoms with van der Waals surface area (Å²) in [7, 11) is 0. The molecule has 194 valence electrons. The number of hydrogen-bond donors (Lipinski definition) is 3. The largest absolute Gasteiger partial charge is 0.507 e. The number of carbonyl (C=O) groups excluding carboxylic acids is 2. The van der Waals surface area contributed by atoms with Gasteiger partial charge in [-0.25, -0.2) is 5.43 Å². The van der Waals surface area contributed by atoms with E-state index in [0.29, 0.717) is 33.8 Å². The molecular weight excluding hydrogens is 550 g/mol. The van der Waals surface area contributed by atoms with Gasteiger partial charge in [0.05, 0.1) is 22.9 Å². The lowest BCUT2D eigenvalue weighted by Crippen LogP contribution is -2.20. The van der Waals surface area contributed by atoms with E-state index < -0.39 is 5.91 Å². The van der Waals surface area contributed by atoms with Crippen LogP contribution < -0.4 is 20.2 Å². The van der Waals surface area contributed by atoms with Crippen molar-refractivity contribution in [3.8, 4) is 17.2 Å². The highest BCUT2D eigenvalue weighted by molar-refractivity contribution is 9.10. The summed E-state index contributed by atoms with van der Waals surface area (Å²) in [5.74, 6) is -0.217. The lowest BCUT2D eigenvalue weighted by atomic mass is 10.1. The number of benzene rings is 4. The number of nitrogens with zero attached hydrogens (tertiary/aromatic N) is 1. The Kier molecular flexibility index (Phi) is 8.60. The van der Waals surface area contributed by atoms with Crippen molar-refractivity contribution in [3.05, 3.63) is 94.0 Å². The summed E-state index contributed by atoms with van der Waals surface area (Å²) in [4.78, 5) is 25.0. The Bertz CT molecular complexity index is 1500. The molecule has 0 spiro atoms. The predicted octanol–water partition coefficient (Wildman–Crippen LogP) is 5.80. The number of fused-ring (bicyclic) bond motifs is 1. The predicted molar refractivity (Wildman–Crippen MR) is 151 cm³/mol. The first-order chi connectivity index (χ1) is 18.3. The Morgan fingerprint density at radius 3 is 2.42 bits per heavy atom. The minimum absolute atomic E-state index is 0.115. The number of amides is 2. The smallest absolute Gasteiger partial charge is 0.275 e. The van der Waals surface area contributed by atoms with Gasteiger partial charge in [0.1, 0.15) is 5.75 Å². The fourth-order valence-corrected chi connectivity index (χ4v) is 4.25. The standard InChI is InChI=1S/C29H26BrN3O5/c1-3-37-26-13-19(12-24(30)28(26)38-17-27(35)32-22-10-8-18(2)9-11-22)16-31-33-29(36)23-14-20-6-4-5-7-21(20)15-25(23)34/h4-16,34H,3,17H2,1-2H3,(H,32,35)(H,33,36). The number of anilines is 1. The molecular formula is C29H26BrN3O5. The minimum atomic E-state index is -0.548. The van der Waals surface area contributed by atoms with Crippen LogP contribution in [0.25, 0.3) is 10.8 Å². The van der Waals surface area contributed by atoms with Crippen molar-refractivity contribution in [1.29, 1.82) is 0 Å². The number of hydrogen-bond acceptors (Lipinski definition) is 6. The van der Waals surface area contributed by atoms with Gasteiger partial charge in [0.25, 0.3) is 11.8 Å². The van der Waals surface area contributed by atoms with Crippen LogP contribution in [0.1, 0.15) is 28.4 Å². The Hall–Kier alpha value is -4.37. The molecule has 0 aliphatic heterocycles. The lowest BCUT2D eigenvalue weighted by molar-refractivity contribution is -0.118. The molecule has 2 amide bonds. The Morgan fingerprint density at radius 1 is 1.00 bits per heavy atom. The number of carbonyl (C=O) groups is 2. The van der Waals surface area contributed by atoms with Crippen LogP contribution in [-0.2, 0) is 4.79 Å². The fraction of sp³-hybridized carbons (Fsp3) is 0.138. The molecule has 0 aliphatic rings. The van der Waals surface area contributed by atoms with E-state index in [2.05, 4.69) is 31.8 Å². The van der Waals surface area contributed by atoms with E-state index >= 15 is 0 Å². The number of aryl methyl sites for hydroxylation is 1. The van der Waals surface area contributed by atoms with E-state index in [1.165, 1.54) is 6.21 Å². The van der Waals surface area contributed by atoms with Gasteiger partial charge in [-0.2, -0.15) is 5.10 Å². The van der Waals surface area contributed by atoms with Crippen LogP contribution in [0.15, 0.2) is 82.4 Å². The highest BCUT2D eigenvalue weighted by Gasteiger charge is 2.15. The van der Waals surface area contributed by atoms with Gasteiger partial charge in [-0.15, -0.1) is 0 Å². The van der Waals surface area contributed by atoms with Crippen LogP contribution in [0.4, 0.5) is 5.69 Å². The molecule has 0 unspecified atom stereocenters. The number of phenolic OH excluding ortho intramolecular Hbond substituents is 1. The van der Waals surface area contributed by atoms with E-state index in [1.807, 2.05) is 62.4 Å². The van der Waals surface area contributed by atoms with Crippen molar-refractivity contribution in [1.82, 2.24) is 5.43 Å². The topological polar surface area (TPSA) is 109 Å². The molecule has 0 heterocycles. The summed E-state index contributed by atoms with van der Waals surface area (Å²) in [6.45, 7) is 3.96. The second kappa shape index (κ2) is 12.2. The van der Waals surface area contributed by atoms with Crippen molar-refractivity contribution in [2.24, 2.45) is 5.10 Å². The van der Waals surface area contributed by atoms with Gasteiger partial charge in [0.15, 0.2) is 18.1 Å². The summed E-state index contributed by atoms with van der Waals surface area (Å²) in [6, 6.07) is 21.5. The molecule has 0 fully saturated rings. The Morgan fingerprint density at radius 2 is 1.71 bits per heavy atom. The molecule has 0 radical (unpaired) electrons. The number of halogens is 1. The summed E-state index contributed by atoms with van der Waals surface area (Å²) < 4.78 is 12.0. The quantitative estimate of drug-likeness (QED) is 0.173. The van der Waals surface area contributed by atoms with E-state index in [0.717, 1.165) is 16.3 Å². The zero-order chi connectivity index (χ0) is 27.1. The second-order valence-corrected chi connectivity index (χ2v) is 9.24. The third kappa shape index (κ3) is 6.68. The molecule has 4 aromatic rings. The number of phenols is 1. The van der Waals surface area contributed by atoms with Crippen molar-refractivity contribution in [2.45, 2.75) is 13.8 Å². The maximum atomic E-state index is 12.6. The fourth-order valence-electron chi connectivity index (χ4n) is 3.67. The summed E-state index contributed by atoms with van der Waals surface area (Å²) in [5, 5.41) is 18.7. The van der Waals surface area contributed by atoms with E-state index in [1.54, 1.807) is 24.3 Å². The molecule has 0 aliphatic carbocycles. The van der Waals surface area contributed by atoms with Gasteiger partial charge in [0, 0.05) is 5.69 Å². The van der Waals surface area contributed by atoms with Crippen molar-refractivity contribution in [3.63, 3.8) is 0 Å². The third-order valence-electron chi connectivity index (χ3n) is 5.50. The van der Waals surface area contributed by atoms with Gasteiger partial charge in [0.2, 0.25) is 0 Å². The summed E-state index contributed by atoms with van der Waals surface area (Å²) in [6.07, 6.45) is 1.44. The highest BCUT2D eigenvalue weighted by atomic mass is 79.9. The lowest BCUT2D eigenvalue weighted by Gasteiger charge is -2.14. The van der Waals surface area contributed by atoms with Gasteiger partial charge < -0.3 is 19.9 Å². The average Bonchev–Trinajstić information content (AvgIpc) is 2.89. The van der Waals surface area contributed by atoms with Crippen molar-refractivity contribution in [2.75, 3.05) is 18.5 Å². The van der Waals surface area contributed by atoms with Crippen LogP contribution in [0.2, 0.25) is 0 Å². The molecule has 0 saturated heterocycles. The Balaban J connectivity index is 1.43.